The summed E-state index contributed by atoms with van der Waals surface area (Å²) in [5.41, 5.74) is -0.0493. The second kappa shape index (κ2) is 6.31. The molecular formula is C12H11BrFNO3S2. The van der Waals surface area contributed by atoms with Crippen molar-refractivity contribution in [2.75, 3.05) is 0 Å². The van der Waals surface area contributed by atoms with Crippen molar-refractivity contribution in [3.8, 4) is 0 Å². The normalized spacial score (nSPS) is 11.8. The van der Waals surface area contributed by atoms with E-state index in [1.165, 1.54) is 17.4 Å². The second-order valence-corrected chi connectivity index (χ2v) is 8.26. The van der Waals surface area contributed by atoms with Gasteiger partial charge in [0.2, 0.25) is 10.0 Å². The van der Waals surface area contributed by atoms with Crippen molar-refractivity contribution < 1.29 is 17.9 Å². The second-order valence-electron chi connectivity index (χ2n) is 3.94. The molecule has 2 rings (SSSR count). The fourth-order valence-electron chi connectivity index (χ4n) is 1.54. The lowest BCUT2D eigenvalue weighted by Gasteiger charge is -2.07. The molecule has 0 spiro atoms. The van der Waals surface area contributed by atoms with E-state index in [1.54, 1.807) is 6.07 Å². The number of rotatable bonds is 5. The molecule has 0 unspecified atom stereocenters. The summed E-state index contributed by atoms with van der Waals surface area (Å²) in [6.45, 7) is -0.391. The van der Waals surface area contributed by atoms with Gasteiger partial charge in [0.15, 0.2) is 0 Å². The lowest BCUT2D eigenvalue weighted by Crippen LogP contribution is -2.23. The highest BCUT2D eigenvalue weighted by atomic mass is 79.9. The van der Waals surface area contributed by atoms with Crippen molar-refractivity contribution >= 4 is 37.3 Å². The molecule has 1 aromatic carbocycles. The molecule has 0 radical (unpaired) electrons. The van der Waals surface area contributed by atoms with E-state index in [1.807, 2.05) is 6.07 Å². The average molecular weight is 380 g/mol. The topological polar surface area (TPSA) is 66.4 Å². The van der Waals surface area contributed by atoms with Crippen LogP contribution in [0.25, 0.3) is 0 Å². The Kier molecular flexibility index (Phi) is 4.92. The van der Waals surface area contributed by atoms with Crippen molar-refractivity contribution in [3.63, 3.8) is 0 Å². The van der Waals surface area contributed by atoms with E-state index >= 15 is 0 Å². The third kappa shape index (κ3) is 3.64. The molecule has 0 saturated heterocycles. The summed E-state index contributed by atoms with van der Waals surface area (Å²) in [6, 6.07) is 6.96. The van der Waals surface area contributed by atoms with Crippen LogP contribution in [0, 0.1) is 5.82 Å². The van der Waals surface area contributed by atoms with Crippen LogP contribution in [-0.2, 0) is 23.2 Å². The van der Waals surface area contributed by atoms with Crippen molar-refractivity contribution in [1.29, 1.82) is 0 Å². The fourth-order valence-corrected chi connectivity index (χ4v) is 4.11. The lowest BCUT2D eigenvalue weighted by atomic mass is 10.2. The number of thiophene rings is 1. The smallest absolute Gasteiger partial charge is 0.240 e. The number of halogens is 2. The van der Waals surface area contributed by atoms with Gasteiger partial charge in [0.25, 0.3) is 0 Å². The summed E-state index contributed by atoms with van der Waals surface area (Å²) in [6.07, 6.45) is 0. The highest BCUT2D eigenvalue weighted by molar-refractivity contribution is 9.11. The quantitative estimate of drug-likeness (QED) is 0.838. The van der Waals surface area contributed by atoms with Crippen LogP contribution in [0.1, 0.15) is 10.4 Å². The van der Waals surface area contributed by atoms with Gasteiger partial charge in [-0.1, -0.05) is 0 Å². The standard InChI is InChI=1S/C12H11BrFNO3S2/c13-12-4-1-9(19-12)6-15-20(17,18)10-2-3-11(14)8(5-10)7-16/h1-5,15-16H,6-7H2. The van der Waals surface area contributed by atoms with Crippen LogP contribution in [-0.4, -0.2) is 13.5 Å². The van der Waals surface area contributed by atoms with Crippen LogP contribution in [0.2, 0.25) is 0 Å². The minimum Gasteiger partial charge on any atom is -0.392 e. The maximum atomic E-state index is 13.2. The maximum Gasteiger partial charge on any atom is 0.240 e. The fraction of sp³-hybridized carbons (Fsp3) is 0.167. The SMILES string of the molecule is O=S(=O)(NCc1ccc(Br)s1)c1ccc(F)c(CO)c1. The molecule has 0 aliphatic rings. The van der Waals surface area contributed by atoms with Crippen LogP contribution >= 0.6 is 27.3 Å². The molecule has 2 aromatic rings. The number of hydrogen-bond donors (Lipinski definition) is 2. The van der Waals surface area contributed by atoms with Gasteiger partial charge in [0.1, 0.15) is 5.82 Å². The molecule has 108 valence electrons. The molecular weight excluding hydrogens is 369 g/mol. The van der Waals surface area contributed by atoms with Gasteiger partial charge in [-0.05, 0) is 46.3 Å². The van der Waals surface area contributed by atoms with Crippen molar-refractivity contribution in [1.82, 2.24) is 4.72 Å². The number of hydrogen-bond acceptors (Lipinski definition) is 4. The van der Waals surface area contributed by atoms with Crippen LogP contribution in [0.4, 0.5) is 4.39 Å². The Bertz CT molecular complexity index is 715. The van der Waals surface area contributed by atoms with Crippen LogP contribution in [0.15, 0.2) is 39.0 Å². The minimum atomic E-state index is -3.73. The third-order valence-corrected chi connectivity index (χ3v) is 5.59. The number of benzene rings is 1. The molecule has 8 heteroatoms. The zero-order valence-corrected chi connectivity index (χ0v) is 13.4. The Balaban J connectivity index is 2.17. The Labute approximate surface area is 128 Å². The first-order chi connectivity index (χ1) is 9.42. The van der Waals surface area contributed by atoms with Gasteiger partial charge in [-0.25, -0.2) is 17.5 Å². The van der Waals surface area contributed by atoms with E-state index in [2.05, 4.69) is 20.7 Å². The largest absolute Gasteiger partial charge is 0.392 e. The summed E-state index contributed by atoms with van der Waals surface area (Å²) in [5, 5.41) is 8.96. The van der Waals surface area contributed by atoms with Crippen molar-refractivity contribution in [3.05, 3.63) is 50.4 Å². The predicted octanol–water partition coefficient (Wildman–Crippen LogP) is 2.62. The molecule has 0 atom stereocenters. The average Bonchev–Trinajstić information content (AvgIpc) is 2.83. The predicted molar refractivity (Wildman–Crippen MR) is 78.4 cm³/mol. The van der Waals surface area contributed by atoms with E-state index in [9.17, 15) is 12.8 Å². The Morgan fingerprint density at radius 2 is 2.05 bits per heavy atom. The number of aliphatic hydroxyl groups excluding tert-OH is 1. The summed E-state index contributed by atoms with van der Waals surface area (Å²) < 4.78 is 40.7. The first-order valence-corrected chi connectivity index (χ1v) is 8.65. The number of nitrogens with one attached hydrogen (secondary N) is 1. The lowest BCUT2D eigenvalue weighted by molar-refractivity contribution is 0.275. The van der Waals surface area contributed by atoms with E-state index in [-0.39, 0.29) is 17.0 Å². The van der Waals surface area contributed by atoms with E-state index in [0.29, 0.717) is 0 Å². The number of aliphatic hydroxyl groups is 1. The maximum absolute atomic E-state index is 13.2. The summed E-state index contributed by atoms with van der Waals surface area (Å²) in [4.78, 5) is 0.781. The van der Waals surface area contributed by atoms with Gasteiger partial charge in [-0.15, -0.1) is 11.3 Å². The Morgan fingerprint density at radius 1 is 1.30 bits per heavy atom. The number of sulfonamides is 1. The Morgan fingerprint density at radius 3 is 2.65 bits per heavy atom. The molecule has 4 nitrogen and oxygen atoms in total. The highest BCUT2D eigenvalue weighted by Crippen LogP contribution is 2.22. The molecule has 0 aliphatic heterocycles. The first-order valence-electron chi connectivity index (χ1n) is 5.55. The van der Waals surface area contributed by atoms with Gasteiger partial charge in [0.05, 0.1) is 15.3 Å². The van der Waals surface area contributed by atoms with Gasteiger partial charge in [0, 0.05) is 17.0 Å². The summed E-state index contributed by atoms with van der Waals surface area (Å²) >= 11 is 4.72. The van der Waals surface area contributed by atoms with Gasteiger partial charge < -0.3 is 5.11 Å². The molecule has 0 fully saturated rings. The molecule has 1 heterocycles. The van der Waals surface area contributed by atoms with E-state index in [0.717, 1.165) is 20.8 Å². The Hall–Kier alpha value is -0.800. The van der Waals surface area contributed by atoms with Gasteiger partial charge in [-0.2, -0.15) is 0 Å². The summed E-state index contributed by atoms with van der Waals surface area (Å²) in [5.74, 6) is -0.631. The minimum absolute atomic E-state index is 0.0493. The molecule has 0 amide bonds. The van der Waals surface area contributed by atoms with E-state index < -0.39 is 22.4 Å². The monoisotopic (exact) mass is 379 g/mol. The van der Waals surface area contributed by atoms with Crippen LogP contribution < -0.4 is 4.72 Å². The molecule has 1 aromatic heterocycles. The first kappa shape index (κ1) is 15.6. The molecule has 20 heavy (non-hydrogen) atoms. The summed E-state index contributed by atoms with van der Waals surface area (Å²) in [7, 11) is -3.73. The third-order valence-electron chi connectivity index (χ3n) is 2.56. The highest BCUT2D eigenvalue weighted by Gasteiger charge is 2.16. The zero-order chi connectivity index (χ0) is 14.8. The van der Waals surface area contributed by atoms with Crippen molar-refractivity contribution in [2.24, 2.45) is 0 Å². The molecule has 0 aliphatic carbocycles. The molecule has 0 saturated carbocycles. The molecule has 2 N–H and O–H groups in total. The van der Waals surface area contributed by atoms with Gasteiger partial charge in [-0.3, -0.25) is 0 Å². The molecule has 0 bridgehead atoms. The van der Waals surface area contributed by atoms with Crippen LogP contribution in [0.3, 0.4) is 0 Å². The van der Waals surface area contributed by atoms with Gasteiger partial charge >= 0.3 is 0 Å². The van der Waals surface area contributed by atoms with Crippen molar-refractivity contribution in [2.45, 2.75) is 18.0 Å². The zero-order valence-electron chi connectivity index (χ0n) is 10.1. The van der Waals surface area contributed by atoms with E-state index in [4.69, 9.17) is 5.11 Å². The van der Waals surface area contributed by atoms with Crippen LogP contribution in [0.5, 0.6) is 0 Å².